The summed E-state index contributed by atoms with van der Waals surface area (Å²) >= 11 is 0. The third kappa shape index (κ3) is 2.87. The highest BCUT2D eigenvalue weighted by molar-refractivity contribution is 5.94. The summed E-state index contributed by atoms with van der Waals surface area (Å²) in [5.74, 6) is 0.321. The molecule has 1 fully saturated rings. The Hall–Kier alpha value is -2.03. The smallest absolute Gasteiger partial charge is 0.0911 e. The maximum atomic E-state index is 7.59. The van der Waals surface area contributed by atoms with E-state index in [0.29, 0.717) is 5.84 Å². The number of amidine groups is 1. The number of fused-ring (bicyclic) bond motifs is 1. The molecular formula is C18H23N3. The van der Waals surface area contributed by atoms with Gasteiger partial charge in [-0.1, -0.05) is 36.4 Å². The normalized spacial score (nSPS) is 15.9. The van der Waals surface area contributed by atoms with Gasteiger partial charge >= 0.3 is 0 Å². The van der Waals surface area contributed by atoms with Crippen LogP contribution in [0.4, 0.5) is 5.69 Å². The number of rotatable bonds is 6. The fraction of sp³-hybridized carbons (Fsp3) is 0.389. The van der Waals surface area contributed by atoms with Crippen molar-refractivity contribution in [3.8, 4) is 0 Å². The van der Waals surface area contributed by atoms with E-state index >= 15 is 0 Å². The molecule has 1 aliphatic carbocycles. The highest BCUT2D eigenvalue weighted by Crippen LogP contribution is 2.50. The Morgan fingerprint density at radius 2 is 1.90 bits per heavy atom. The molecule has 0 aliphatic heterocycles. The average molecular weight is 281 g/mol. The van der Waals surface area contributed by atoms with Crippen LogP contribution in [0.5, 0.6) is 0 Å². The quantitative estimate of drug-likeness (QED) is 0.625. The molecule has 2 aromatic carbocycles. The average Bonchev–Trinajstić information content (AvgIpc) is 3.23. The third-order valence-corrected chi connectivity index (χ3v) is 4.54. The van der Waals surface area contributed by atoms with E-state index in [4.69, 9.17) is 11.1 Å². The van der Waals surface area contributed by atoms with Crippen molar-refractivity contribution in [1.82, 2.24) is 0 Å². The number of anilines is 1. The third-order valence-electron chi connectivity index (χ3n) is 4.54. The lowest BCUT2D eigenvalue weighted by molar-refractivity contribution is 0.519. The maximum Gasteiger partial charge on any atom is 0.0911 e. The van der Waals surface area contributed by atoms with E-state index in [9.17, 15) is 0 Å². The minimum absolute atomic E-state index is 0.235. The van der Waals surface area contributed by atoms with Crippen LogP contribution in [-0.2, 0) is 0 Å². The topological polar surface area (TPSA) is 53.1 Å². The van der Waals surface area contributed by atoms with E-state index in [-0.39, 0.29) is 5.41 Å². The Balaban J connectivity index is 1.90. The van der Waals surface area contributed by atoms with Gasteiger partial charge in [0, 0.05) is 30.6 Å². The number of nitrogens with two attached hydrogens (primary N) is 1. The second-order valence-corrected chi connectivity index (χ2v) is 6.21. The molecule has 0 atom stereocenters. The van der Waals surface area contributed by atoms with Gasteiger partial charge in [-0.25, -0.2) is 0 Å². The SMILES string of the molecule is CCN(CC1(CC(=N)N)CC1)c1cccc2ccccc12. The molecule has 2 aromatic rings. The molecule has 3 nitrogen and oxygen atoms in total. The molecular weight excluding hydrogens is 258 g/mol. The number of hydrogen-bond acceptors (Lipinski definition) is 2. The summed E-state index contributed by atoms with van der Waals surface area (Å²) in [6.07, 6.45) is 3.11. The summed E-state index contributed by atoms with van der Waals surface area (Å²) in [5.41, 5.74) is 7.16. The predicted molar refractivity (Wildman–Crippen MR) is 90.0 cm³/mol. The van der Waals surface area contributed by atoms with Crippen molar-refractivity contribution in [2.75, 3.05) is 18.0 Å². The number of benzene rings is 2. The lowest BCUT2D eigenvalue weighted by Gasteiger charge is -2.29. The van der Waals surface area contributed by atoms with Gasteiger partial charge in [0.05, 0.1) is 5.84 Å². The van der Waals surface area contributed by atoms with Gasteiger partial charge in [0.2, 0.25) is 0 Å². The van der Waals surface area contributed by atoms with Crippen molar-refractivity contribution >= 4 is 22.3 Å². The van der Waals surface area contributed by atoms with E-state index in [1.54, 1.807) is 0 Å². The first kappa shape index (κ1) is 13.9. The lowest BCUT2D eigenvalue weighted by atomic mass is 9.99. The van der Waals surface area contributed by atoms with E-state index in [0.717, 1.165) is 19.5 Å². The predicted octanol–water partition coefficient (Wildman–Crippen LogP) is 3.77. The van der Waals surface area contributed by atoms with Crippen LogP contribution in [0.15, 0.2) is 42.5 Å². The highest BCUT2D eigenvalue weighted by Gasteiger charge is 2.44. The summed E-state index contributed by atoms with van der Waals surface area (Å²) in [6.45, 7) is 4.18. The van der Waals surface area contributed by atoms with Crippen LogP contribution in [0.3, 0.4) is 0 Å². The summed E-state index contributed by atoms with van der Waals surface area (Å²) in [5, 5.41) is 10.2. The molecule has 0 spiro atoms. The number of nitrogens with zero attached hydrogens (tertiary/aromatic N) is 1. The molecule has 0 amide bonds. The van der Waals surface area contributed by atoms with Gasteiger partial charge in [0.15, 0.2) is 0 Å². The molecule has 0 aromatic heterocycles. The Morgan fingerprint density at radius 3 is 2.57 bits per heavy atom. The number of hydrogen-bond donors (Lipinski definition) is 2. The molecule has 21 heavy (non-hydrogen) atoms. The second kappa shape index (κ2) is 5.40. The Bertz CT molecular complexity index is 653. The van der Waals surface area contributed by atoms with Crippen molar-refractivity contribution in [1.29, 1.82) is 5.41 Å². The van der Waals surface area contributed by atoms with Gasteiger partial charge in [-0.2, -0.15) is 0 Å². The maximum absolute atomic E-state index is 7.59. The Morgan fingerprint density at radius 1 is 1.19 bits per heavy atom. The molecule has 3 heteroatoms. The lowest BCUT2D eigenvalue weighted by Crippen LogP contribution is -2.32. The van der Waals surface area contributed by atoms with E-state index in [1.807, 2.05) is 0 Å². The molecule has 3 rings (SSSR count). The minimum Gasteiger partial charge on any atom is -0.388 e. The fourth-order valence-electron chi connectivity index (χ4n) is 3.23. The van der Waals surface area contributed by atoms with Crippen molar-refractivity contribution < 1.29 is 0 Å². The van der Waals surface area contributed by atoms with Crippen molar-refractivity contribution in [3.63, 3.8) is 0 Å². The molecule has 3 N–H and O–H groups in total. The van der Waals surface area contributed by atoms with Gasteiger partial charge in [0.1, 0.15) is 0 Å². The summed E-state index contributed by atoms with van der Waals surface area (Å²) in [7, 11) is 0. The molecule has 0 bridgehead atoms. The zero-order valence-corrected chi connectivity index (χ0v) is 12.6. The van der Waals surface area contributed by atoms with Crippen LogP contribution >= 0.6 is 0 Å². The van der Waals surface area contributed by atoms with Crippen molar-refractivity contribution in [3.05, 3.63) is 42.5 Å². The minimum atomic E-state index is 0.235. The first-order chi connectivity index (χ1) is 10.1. The van der Waals surface area contributed by atoms with Crippen LogP contribution in [0.25, 0.3) is 10.8 Å². The van der Waals surface area contributed by atoms with Crippen LogP contribution in [-0.4, -0.2) is 18.9 Å². The molecule has 1 saturated carbocycles. The van der Waals surface area contributed by atoms with Crippen LogP contribution in [0, 0.1) is 10.8 Å². The summed E-state index contributed by atoms with van der Waals surface area (Å²) in [4.78, 5) is 2.44. The summed E-state index contributed by atoms with van der Waals surface area (Å²) < 4.78 is 0. The monoisotopic (exact) mass is 281 g/mol. The summed E-state index contributed by atoms with van der Waals surface area (Å²) in [6, 6.07) is 15.0. The highest BCUT2D eigenvalue weighted by atomic mass is 15.1. The first-order valence-corrected chi connectivity index (χ1v) is 7.69. The Kier molecular flexibility index (Phi) is 3.58. The Labute approximate surface area is 126 Å². The van der Waals surface area contributed by atoms with Gasteiger partial charge in [-0.3, -0.25) is 5.41 Å². The van der Waals surface area contributed by atoms with E-state index in [2.05, 4.69) is 54.3 Å². The van der Waals surface area contributed by atoms with Crippen LogP contribution < -0.4 is 10.6 Å². The molecule has 0 unspecified atom stereocenters. The fourth-order valence-corrected chi connectivity index (χ4v) is 3.23. The zero-order valence-electron chi connectivity index (χ0n) is 12.6. The largest absolute Gasteiger partial charge is 0.388 e. The molecule has 1 aliphatic rings. The number of nitrogens with one attached hydrogen (secondary N) is 1. The molecule has 0 heterocycles. The van der Waals surface area contributed by atoms with E-state index < -0.39 is 0 Å². The van der Waals surface area contributed by atoms with Gasteiger partial charge in [-0.05, 0) is 36.6 Å². The van der Waals surface area contributed by atoms with Gasteiger partial charge in [0.25, 0.3) is 0 Å². The standard InChI is InChI=1S/C18H23N3/c1-2-21(13-18(10-11-18)12-17(19)20)16-9-5-7-14-6-3-4-8-15(14)16/h3-9H,2,10-13H2,1H3,(H3,19,20). The van der Waals surface area contributed by atoms with Crippen LogP contribution in [0.2, 0.25) is 0 Å². The van der Waals surface area contributed by atoms with Gasteiger partial charge in [-0.15, -0.1) is 0 Å². The second-order valence-electron chi connectivity index (χ2n) is 6.21. The molecule has 0 saturated heterocycles. The van der Waals surface area contributed by atoms with E-state index in [1.165, 1.54) is 29.3 Å². The zero-order chi connectivity index (χ0) is 14.9. The van der Waals surface area contributed by atoms with Gasteiger partial charge < -0.3 is 10.6 Å². The molecule has 110 valence electrons. The van der Waals surface area contributed by atoms with Crippen LogP contribution in [0.1, 0.15) is 26.2 Å². The molecule has 0 radical (unpaired) electrons. The van der Waals surface area contributed by atoms with Crippen molar-refractivity contribution in [2.45, 2.75) is 26.2 Å². The first-order valence-electron chi connectivity index (χ1n) is 7.69. The van der Waals surface area contributed by atoms with Crippen molar-refractivity contribution in [2.24, 2.45) is 11.1 Å².